The van der Waals surface area contributed by atoms with E-state index in [1.165, 1.54) is 25.7 Å². The van der Waals surface area contributed by atoms with Gasteiger partial charge < -0.3 is 5.32 Å². The predicted octanol–water partition coefficient (Wildman–Crippen LogP) is 1.78. The smallest absolute Gasteiger partial charge is 0.00979 e. The van der Waals surface area contributed by atoms with E-state index in [4.69, 9.17) is 0 Å². The summed E-state index contributed by atoms with van der Waals surface area (Å²) in [5.74, 6) is 2.14. The Hall–Kier alpha value is -0.0400. The predicted molar refractivity (Wildman–Crippen MR) is 42.9 cm³/mol. The van der Waals surface area contributed by atoms with E-state index in [1.807, 2.05) is 0 Å². The molecule has 0 saturated heterocycles. The second-order valence-corrected chi connectivity index (χ2v) is 3.84. The molecule has 58 valence electrons. The molecule has 1 N–H and O–H groups in total. The number of nitrogens with one attached hydrogen (secondary N) is 1. The summed E-state index contributed by atoms with van der Waals surface area (Å²) in [6.45, 7) is 3.37. The molecule has 2 bridgehead atoms. The molecular weight excluding hydrogens is 122 g/mol. The Labute approximate surface area is 63.2 Å². The van der Waals surface area contributed by atoms with Crippen LogP contribution in [-0.2, 0) is 0 Å². The van der Waals surface area contributed by atoms with E-state index in [0.717, 1.165) is 24.4 Å². The highest BCUT2D eigenvalue weighted by atomic mass is 14.9. The highest BCUT2D eigenvalue weighted by Crippen LogP contribution is 2.44. The van der Waals surface area contributed by atoms with Crippen molar-refractivity contribution < 1.29 is 0 Å². The van der Waals surface area contributed by atoms with Gasteiger partial charge in [-0.05, 0) is 37.6 Å². The Morgan fingerprint density at radius 3 is 2.70 bits per heavy atom. The van der Waals surface area contributed by atoms with Crippen LogP contribution in [0.2, 0.25) is 0 Å². The van der Waals surface area contributed by atoms with Gasteiger partial charge in [0.2, 0.25) is 0 Å². The Bertz CT molecular complexity index is 122. The van der Waals surface area contributed by atoms with Gasteiger partial charge in [-0.25, -0.2) is 0 Å². The van der Waals surface area contributed by atoms with Gasteiger partial charge in [-0.3, -0.25) is 0 Å². The lowest BCUT2D eigenvalue weighted by Gasteiger charge is -2.21. The molecule has 3 atom stereocenters. The fourth-order valence-electron chi connectivity index (χ4n) is 2.76. The van der Waals surface area contributed by atoms with Gasteiger partial charge in [0.25, 0.3) is 0 Å². The molecule has 2 fully saturated rings. The van der Waals surface area contributed by atoms with Crippen molar-refractivity contribution in [1.29, 1.82) is 0 Å². The van der Waals surface area contributed by atoms with E-state index < -0.39 is 0 Å². The fourth-order valence-corrected chi connectivity index (χ4v) is 2.76. The molecule has 0 spiro atoms. The molecule has 0 heterocycles. The van der Waals surface area contributed by atoms with Crippen LogP contribution >= 0.6 is 0 Å². The van der Waals surface area contributed by atoms with Crippen molar-refractivity contribution in [2.45, 2.75) is 38.6 Å². The van der Waals surface area contributed by atoms with Crippen LogP contribution in [-0.4, -0.2) is 12.6 Å². The van der Waals surface area contributed by atoms with Crippen molar-refractivity contribution >= 4 is 0 Å². The first-order chi connectivity index (χ1) is 4.90. The first kappa shape index (κ1) is 6.66. The van der Waals surface area contributed by atoms with Gasteiger partial charge >= 0.3 is 0 Å². The van der Waals surface area contributed by atoms with Crippen molar-refractivity contribution in [1.82, 2.24) is 5.32 Å². The third-order valence-corrected chi connectivity index (χ3v) is 3.20. The minimum Gasteiger partial charge on any atom is -0.314 e. The summed E-state index contributed by atoms with van der Waals surface area (Å²) in [6, 6.07) is 0.892. The molecule has 0 aromatic rings. The minimum atomic E-state index is 0.892. The minimum absolute atomic E-state index is 0.892. The van der Waals surface area contributed by atoms with E-state index in [2.05, 4.69) is 12.2 Å². The molecular formula is C9H17N. The van der Waals surface area contributed by atoms with Gasteiger partial charge in [-0.15, -0.1) is 0 Å². The first-order valence-electron chi connectivity index (χ1n) is 4.63. The molecule has 0 aromatic heterocycles. The molecule has 1 heteroatoms. The van der Waals surface area contributed by atoms with Crippen LogP contribution in [0.15, 0.2) is 0 Å². The Morgan fingerprint density at radius 1 is 1.30 bits per heavy atom. The summed E-state index contributed by atoms with van der Waals surface area (Å²) in [5.41, 5.74) is 0. The third-order valence-electron chi connectivity index (χ3n) is 3.20. The third kappa shape index (κ3) is 0.968. The molecule has 0 aromatic carbocycles. The fraction of sp³-hybridized carbons (Fsp3) is 1.00. The van der Waals surface area contributed by atoms with Crippen LogP contribution in [0.1, 0.15) is 32.6 Å². The van der Waals surface area contributed by atoms with Crippen molar-refractivity contribution in [3.05, 3.63) is 0 Å². The summed E-state index contributed by atoms with van der Waals surface area (Å²) in [5, 5.41) is 3.58. The standard InChI is InChI=1S/C9H17N/c1-2-10-9-6-7-3-4-8(9)5-7/h7-10H,2-6H2,1H3/t7-,8+,9?/m0/s1. The van der Waals surface area contributed by atoms with Gasteiger partial charge in [-0.1, -0.05) is 13.3 Å². The zero-order chi connectivity index (χ0) is 6.97. The maximum atomic E-state index is 3.58. The van der Waals surface area contributed by atoms with Gasteiger partial charge in [0.05, 0.1) is 0 Å². The van der Waals surface area contributed by atoms with Crippen molar-refractivity contribution in [2.24, 2.45) is 11.8 Å². The van der Waals surface area contributed by atoms with Crippen LogP contribution in [0.4, 0.5) is 0 Å². The topological polar surface area (TPSA) is 12.0 Å². The van der Waals surface area contributed by atoms with Crippen LogP contribution in [0.5, 0.6) is 0 Å². The van der Waals surface area contributed by atoms with Crippen molar-refractivity contribution in [3.63, 3.8) is 0 Å². The number of hydrogen-bond donors (Lipinski definition) is 1. The zero-order valence-electron chi connectivity index (χ0n) is 6.77. The van der Waals surface area contributed by atoms with Crippen LogP contribution < -0.4 is 5.32 Å². The molecule has 2 saturated carbocycles. The summed E-state index contributed by atoms with van der Waals surface area (Å²) >= 11 is 0. The average Bonchev–Trinajstić information content (AvgIpc) is 2.48. The summed E-state index contributed by atoms with van der Waals surface area (Å²) < 4.78 is 0. The Balaban J connectivity index is 1.90. The van der Waals surface area contributed by atoms with Crippen LogP contribution in [0.3, 0.4) is 0 Å². The summed E-state index contributed by atoms with van der Waals surface area (Å²) in [4.78, 5) is 0. The zero-order valence-corrected chi connectivity index (χ0v) is 6.77. The van der Waals surface area contributed by atoms with Crippen LogP contribution in [0, 0.1) is 11.8 Å². The molecule has 1 nitrogen and oxygen atoms in total. The van der Waals surface area contributed by atoms with Gasteiger partial charge in [0.15, 0.2) is 0 Å². The van der Waals surface area contributed by atoms with E-state index in [0.29, 0.717) is 0 Å². The molecule has 1 unspecified atom stereocenters. The average molecular weight is 139 g/mol. The monoisotopic (exact) mass is 139 g/mol. The summed E-state index contributed by atoms with van der Waals surface area (Å²) in [7, 11) is 0. The van der Waals surface area contributed by atoms with Crippen molar-refractivity contribution in [2.75, 3.05) is 6.54 Å². The van der Waals surface area contributed by atoms with E-state index in [1.54, 1.807) is 0 Å². The quantitative estimate of drug-likeness (QED) is 0.615. The normalized spacial score (nSPS) is 44.7. The number of fused-ring (bicyclic) bond motifs is 2. The number of rotatable bonds is 2. The molecule has 2 aliphatic rings. The number of hydrogen-bond acceptors (Lipinski definition) is 1. The largest absolute Gasteiger partial charge is 0.314 e. The van der Waals surface area contributed by atoms with E-state index in [9.17, 15) is 0 Å². The van der Waals surface area contributed by atoms with E-state index >= 15 is 0 Å². The first-order valence-corrected chi connectivity index (χ1v) is 4.63. The van der Waals surface area contributed by atoms with Crippen LogP contribution in [0.25, 0.3) is 0 Å². The maximum absolute atomic E-state index is 3.58. The molecule has 0 amide bonds. The van der Waals surface area contributed by atoms with E-state index in [-0.39, 0.29) is 0 Å². The van der Waals surface area contributed by atoms with Gasteiger partial charge in [0.1, 0.15) is 0 Å². The summed E-state index contributed by atoms with van der Waals surface area (Å²) in [6.07, 6.45) is 6.02. The molecule has 10 heavy (non-hydrogen) atoms. The van der Waals surface area contributed by atoms with Gasteiger partial charge in [0, 0.05) is 6.04 Å². The lowest BCUT2D eigenvalue weighted by molar-refractivity contribution is 0.358. The maximum Gasteiger partial charge on any atom is 0.00979 e. The SMILES string of the molecule is CCNC1C[C@H]2CC[C@@H]1C2. The molecule has 0 aliphatic heterocycles. The lowest BCUT2D eigenvalue weighted by Crippen LogP contribution is -2.33. The Morgan fingerprint density at radius 2 is 2.20 bits per heavy atom. The molecule has 2 rings (SSSR count). The highest BCUT2D eigenvalue weighted by molar-refractivity contribution is 4.93. The second kappa shape index (κ2) is 2.54. The second-order valence-electron chi connectivity index (χ2n) is 3.84. The highest BCUT2D eigenvalue weighted by Gasteiger charge is 2.38. The lowest BCUT2D eigenvalue weighted by atomic mass is 9.95. The molecule has 0 radical (unpaired) electrons. The van der Waals surface area contributed by atoms with Crippen molar-refractivity contribution in [3.8, 4) is 0 Å². The Kier molecular flexibility index (Phi) is 1.69. The van der Waals surface area contributed by atoms with Gasteiger partial charge in [-0.2, -0.15) is 0 Å². The molecule has 2 aliphatic carbocycles.